The number of benzene rings is 1. The molecule has 1 amide bonds. The zero-order valence-corrected chi connectivity index (χ0v) is 17.6. The molecule has 162 valence electrons. The molecule has 30 heavy (non-hydrogen) atoms. The van der Waals surface area contributed by atoms with Crippen molar-refractivity contribution in [2.24, 2.45) is 5.92 Å². The molecule has 1 aromatic carbocycles. The van der Waals surface area contributed by atoms with Crippen molar-refractivity contribution in [3.05, 3.63) is 23.8 Å². The second kappa shape index (κ2) is 9.04. The van der Waals surface area contributed by atoms with E-state index >= 15 is 0 Å². The minimum absolute atomic E-state index is 0.0468. The van der Waals surface area contributed by atoms with E-state index in [1.807, 2.05) is 32.0 Å². The number of hydrogen-bond donors (Lipinski definition) is 2. The third-order valence-corrected chi connectivity index (χ3v) is 6.15. The van der Waals surface area contributed by atoms with Crippen LogP contribution < -0.4 is 10.6 Å². The van der Waals surface area contributed by atoms with Gasteiger partial charge in [-0.15, -0.1) is 0 Å². The summed E-state index contributed by atoms with van der Waals surface area (Å²) in [5.41, 5.74) is 1.82. The quantitative estimate of drug-likeness (QED) is 0.672. The van der Waals surface area contributed by atoms with E-state index in [1.165, 1.54) is 0 Å². The highest BCUT2D eigenvalue weighted by atomic mass is 16.5. The van der Waals surface area contributed by atoms with E-state index in [0.29, 0.717) is 24.0 Å². The summed E-state index contributed by atoms with van der Waals surface area (Å²) in [6, 6.07) is 6.53. The van der Waals surface area contributed by atoms with E-state index in [1.54, 1.807) is 0 Å². The monoisotopic (exact) mass is 414 g/mol. The highest BCUT2D eigenvalue weighted by Crippen LogP contribution is 2.30. The molecular formula is C22H30N4O4. The molecular weight excluding hydrogens is 384 g/mol. The van der Waals surface area contributed by atoms with E-state index in [-0.39, 0.29) is 30.4 Å². The van der Waals surface area contributed by atoms with Crippen LogP contribution in [0.5, 0.6) is 0 Å². The van der Waals surface area contributed by atoms with Crippen molar-refractivity contribution in [2.75, 3.05) is 31.6 Å². The Hall–Kier alpha value is -2.61. The zero-order chi connectivity index (χ0) is 21.1. The van der Waals surface area contributed by atoms with Crippen LogP contribution in [0, 0.1) is 12.8 Å². The van der Waals surface area contributed by atoms with Gasteiger partial charge in [-0.3, -0.25) is 14.5 Å². The average Bonchev–Trinajstić information content (AvgIpc) is 3.11. The molecule has 8 nitrogen and oxygen atoms in total. The molecule has 2 N–H and O–H groups in total. The lowest BCUT2D eigenvalue weighted by Gasteiger charge is -2.46. The zero-order valence-electron chi connectivity index (χ0n) is 17.6. The van der Waals surface area contributed by atoms with Gasteiger partial charge in [-0.05, 0) is 51.7 Å². The van der Waals surface area contributed by atoms with Gasteiger partial charge < -0.3 is 19.9 Å². The van der Waals surface area contributed by atoms with Crippen molar-refractivity contribution < 1.29 is 18.8 Å². The van der Waals surface area contributed by atoms with Crippen molar-refractivity contribution in [1.82, 2.24) is 15.4 Å². The predicted molar refractivity (Wildman–Crippen MR) is 113 cm³/mol. The number of hydrogen-bond acceptors (Lipinski definition) is 7. The van der Waals surface area contributed by atoms with E-state index in [2.05, 4.69) is 20.7 Å². The van der Waals surface area contributed by atoms with Crippen LogP contribution in [0.15, 0.2) is 22.7 Å². The molecule has 0 bridgehead atoms. The summed E-state index contributed by atoms with van der Waals surface area (Å²) in [5.74, 6) is 0.555. The van der Waals surface area contributed by atoms with Crippen molar-refractivity contribution >= 4 is 28.7 Å². The van der Waals surface area contributed by atoms with Crippen LogP contribution in [0.3, 0.4) is 0 Å². The van der Waals surface area contributed by atoms with Gasteiger partial charge in [-0.25, -0.2) is 0 Å². The first kappa shape index (κ1) is 20.7. The number of fused-ring (bicyclic) bond motifs is 1. The summed E-state index contributed by atoms with van der Waals surface area (Å²) in [4.78, 5) is 26.6. The molecule has 2 aliphatic rings. The molecule has 1 aliphatic heterocycles. The van der Waals surface area contributed by atoms with Crippen LogP contribution >= 0.6 is 0 Å². The molecule has 2 heterocycles. The normalized spacial score (nSPS) is 22.5. The average molecular weight is 415 g/mol. The standard InChI is InChI=1S/C22H30N4O4/c1-3-29-22(28)15-5-7-17(8-6-15)26-12-16(13-26)24-20(27)11-23-21-18-10-14(2)4-9-19(18)30-25-21/h4,9-10,15-17H,3,5-8,11-13H2,1-2H3,(H,23,25)(H,24,27). The molecule has 4 rings (SSSR count). The fraction of sp³-hybridized carbons (Fsp3) is 0.591. The number of amides is 1. The fourth-order valence-corrected chi connectivity index (χ4v) is 4.46. The summed E-state index contributed by atoms with van der Waals surface area (Å²) < 4.78 is 10.4. The van der Waals surface area contributed by atoms with Gasteiger partial charge in [0.1, 0.15) is 0 Å². The van der Waals surface area contributed by atoms with Gasteiger partial charge in [0.15, 0.2) is 11.4 Å². The van der Waals surface area contributed by atoms with E-state index in [4.69, 9.17) is 9.26 Å². The van der Waals surface area contributed by atoms with Crippen molar-refractivity contribution in [1.29, 1.82) is 0 Å². The Morgan fingerprint density at radius 2 is 2.00 bits per heavy atom. The number of rotatable bonds is 7. The topological polar surface area (TPSA) is 96.7 Å². The number of likely N-dealkylation sites (tertiary alicyclic amines) is 1. The highest BCUT2D eigenvalue weighted by molar-refractivity contribution is 5.90. The Balaban J connectivity index is 1.17. The maximum Gasteiger partial charge on any atom is 0.308 e. The minimum atomic E-state index is -0.0488. The number of carbonyl (C=O) groups is 2. The number of aromatic nitrogens is 1. The van der Waals surface area contributed by atoms with Crippen LogP contribution in [0.4, 0.5) is 5.82 Å². The SMILES string of the molecule is CCOC(=O)C1CCC(N2CC(NC(=O)CNc3noc4ccc(C)cc34)C2)CC1. The summed E-state index contributed by atoms with van der Waals surface area (Å²) in [6.45, 7) is 6.21. The molecule has 0 unspecified atom stereocenters. The first-order valence-corrected chi connectivity index (χ1v) is 10.8. The highest BCUT2D eigenvalue weighted by Gasteiger charge is 2.36. The Morgan fingerprint density at radius 1 is 1.23 bits per heavy atom. The lowest BCUT2D eigenvalue weighted by Crippen LogP contribution is -2.63. The molecule has 1 aromatic heterocycles. The van der Waals surface area contributed by atoms with Gasteiger partial charge in [0, 0.05) is 19.1 Å². The van der Waals surface area contributed by atoms with Crippen LogP contribution in [0.25, 0.3) is 11.0 Å². The van der Waals surface area contributed by atoms with Gasteiger partial charge >= 0.3 is 5.97 Å². The Kier molecular flexibility index (Phi) is 6.22. The van der Waals surface area contributed by atoms with E-state index < -0.39 is 0 Å². The number of carbonyl (C=O) groups excluding carboxylic acids is 2. The molecule has 2 fully saturated rings. The molecule has 0 spiro atoms. The number of aryl methyl sites for hydroxylation is 1. The number of anilines is 1. The largest absolute Gasteiger partial charge is 0.466 e. The third-order valence-electron chi connectivity index (χ3n) is 6.15. The number of ether oxygens (including phenoxy) is 1. The van der Waals surface area contributed by atoms with Crippen LogP contribution in [-0.4, -0.2) is 60.3 Å². The number of nitrogens with one attached hydrogen (secondary N) is 2. The van der Waals surface area contributed by atoms with E-state index in [0.717, 1.165) is 49.7 Å². The maximum atomic E-state index is 12.3. The molecule has 8 heteroatoms. The van der Waals surface area contributed by atoms with Gasteiger partial charge in [-0.1, -0.05) is 16.8 Å². The molecule has 0 atom stereocenters. The minimum Gasteiger partial charge on any atom is -0.466 e. The van der Waals surface area contributed by atoms with E-state index in [9.17, 15) is 9.59 Å². The Labute approximate surface area is 176 Å². The summed E-state index contributed by atoms with van der Waals surface area (Å²) in [5, 5.41) is 11.1. The fourth-order valence-electron chi connectivity index (χ4n) is 4.46. The van der Waals surface area contributed by atoms with Crippen molar-refractivity contribution in [3.8, 4) is 0 Å². The first-order valence-electron chi connectivity index (χ1n) is 10.8. The van der Waals surface area contributed by atoms with Crippen LogP contribution in [-0.2, 0) is 14.3 Å². The lowest BCUT2D eigenvalue weighted by molar-refractivity contribution is -0.149. The molecule has 2 aromatic rings. The van der Waals surface area contributed by atoms with Gasteiger partial charge in [0.05, 0.1) is 30.5 Å². The first-order chi connectivity index (χ1) is 14.5. The number of nitrogens with zero attached hydrogens (tertiary/aromatic N) is 2. The molecule has 1 saturated carbocycles. The predicted octanol–water partition coefficient (Wildman–Crippen LogP) is 2.47. The van der Waals surface area contributed by atoms with Crippen molar-refractivity contribution in [2.45, 2.75) is 51.6 Å². The summed E-state index contributed by atoms with van der Waals surface area (Å²) in [7, 11) is 0. The van der Waals surface area contributed by atoms with Crippen LogP contribution in [0.1, 0.15) is 38.2 Å². The lowest BCUT2D eigenvalue weighted by atomic mass is 9.84. The molecule has 0 radical (unpaired) electrons. The van der Waals surface area contributed by atoms with Gasteiger partial charge in [0.2, 0.25) is 5.91 Å². The van der Waals surface area contributed by atoms with Crippen LogP contribution in [0.2, 0.25) is 0 Å². The second-order valence-corrected chi connectivity index (χ2v) is 8.36. The number of esters is 1. The van der Waals surface area contributed by atoms with Gasteiger partial charge in [0.25, 0.3) is 0 Å². The van der Waals surface area contributed by atoms with Gasteiger partial charge in [-0.2, -0.15) is 0 Å². The summed E-state index contributed by atoms with van der Waals surface area (Å²) in [6.07, 6.45) is 3.83. The Morgan fingerprint density at radius 3 is 2.73 bits per heavy atom. The Bertz CT molecular complexity index is 898. The molecule has 1 saturated heterocycles. The molecule has 1 aliphatic carbocycles. The second-order valence-electron chi connectivity index (χ2n) is 8.36. The van der Waals surface area contributed by atoms with Crippen molar-refractivity contribution in [3.63, 3.8) is 0 Å². The summed E-state index contributed by atoms with van der Waals surface area (Å²) >= 11 is 0. The third kappa shape index (κ3) is 4.59. The maximum absolute atomic E-state index is 12.3. The smallest absolute Gasteiger partial charge is 0.308 e.